The van der Waals surface area contributed by atoms with Gasteiger partial charge < -0.3 is 10.2 Å². The molecule has 4 aromatic rings. The standard InChI is InChI=1S/C17H13N3O/c1-10-6-7-15-16(19-10)20-17(21-15)13-8-11-4-2-3-5-12(11)9-14(13)18/h2-9H,18H2,1H3. The van der Waals surface area contributed by atoms with Gasteiger partial charge >= 0.3 is 0 Å². The van der Waals surface area contributed by atoms with Gasteiger partial charge in [-0.15, -0.1) is 0 Å². The molecule has 0 aliphatic heterocycles. The fourth-order valence-electron chi connectivity index (χ4n) is 2.47. The van der Waals surface area contributed by atoms with Crippen molar-refractivity contribution >= 4 is 27.7 Å². The van der Waals surface area contributed by atoms with E-state index in [-0.39, 0.29) is 0 Å². The Hall–Kier alpha value is -2.88. The maximum atomic E-state index is 6.15. The zero-order valence-electron chi connectivity index (χ0n) is 11.5. The first-order valence-corrected chi connectivity index (χ1v) is 6.73. The molecule has 4 rings (SSSR count). The summed E-state index contributed by atoms with van der Waals surface area (Å²) < 4.78 is 5.79. The third-order valence-electron chi connectivity index (χ3n) is 3.54. The van der Waals surface area contributed by atoms with Gasteiger partial charge in [-0.25, -0.2) is 4.98 Å². The molecule has 2 aromatic carbocycles. The van der Waals surface area contributed by atoms with Crippen LogP contribution < -0.4 is 5.73 Å². The number of oxazole rings is 1. The van der Waals surface area contributed by atoms with Gasteiger partial charge in [0.05, 0.1) is 5.56 Å². The molecule has 21 heavy (non-hydrogen) atoms. The van der Waals surface area contributed by atoms with E-state index >= 15 is 0 Å². The SMILES string of the molecule is Cc1ccc2oc(-c3cc4ccccc4cc3N)nc2n1. The fourth-order valence-corrected chi connectivity index (χ4v) is 2.47. The minimum absolute atomic E-state index is 0.506. The average Bonchev–Trinajstić information content (AvgIpc) is 2.89. The lowest BCUT2D eigenvalue weighted by Crippen LogP contribution is -1.90. The number of rotatable bonds is 1. The van der Waals surface area contributed by atoms with Crippen molar-refractivity contribution in [2.45, 2.75) is 6.92 Å². The predicted octanol–water partition coefficient (Wildman–Crippen LogP) is 3.93. The number of anilines is 1. The maximum Gasteiger partial charge on any atom is 0.230 e. The van der Waals surface area contributed by atoms with Crippen LogP contribution in [0.3, 0.4) is 0 Å². The Balaban J connectivity index is 1.96. The Kier molecular flexibility index (Phi) is 2.44. The van der Waals surface area contributed by atoms with Gasteiger partial charge in [0.15, 0.2) is 11.2 Å². The largest absolute Gasteiger partial charge is 0.434 e. The lowest BCUT2D eigenvalue weighted by molar-refractivity contribution is 0.620. The Morgan fingerprint density at radius 2 is 1.71 bits per heavy atom. The van der Waals surface area contributed by atoms with Crippen LogP contribution in [-0.4, -0.2) is 9.97 Å². The van der Waals surface area contributed by atoms with E-state index in [0.717, 1.165) is 22.0 Å². The van der Waals surface area contributed by atoms with Crippen molar-refractivity contribution < 1.29 is 4.42 Å². The van der Waals surface area contributed by atoms with Gasteiger partial charge in [-0.1, -0.05) is 24.3 Å². The van der Waals surface area contributed by atoms with E-state index in [1.165, 1.54) is 0 Å². The van der Waals surface area contributed by atoms with Crippen LogP contribution in [0.1, 0.15) is 5.69 Å². The van der Waals surface area contributed by atoms with Gasteiger partial charge in [0, 0.05) is 11.4 Å². The van der Waals surface area contributed by atoms with Crippen molar-refractivity contribution in [3.8, 4) is 11.5 Å². The van der Waals surface area contributed by atoms with E-state index < -0.39 is 0 Å². The molecule has 0 aliphatic carbocycles. The molecule has 0 unspecified atom stereocenters. The molecule has 0 radical (unpaired) electrons. The van der Waals surface area contributed by atoms with E-state index in [1.807, 2.05) is 55.5 Å². The van der Waals surface area contributed by atoms with Crippen molar-refractivity contribution in [3.63, 3.8) is 0 Å². The molecule has 2 N–H and O–H groups in total. The van der Waals surface area contributed by atoms with Crippen LogP contribution in [0.4, 0.5) is 5.69 Å². The summed E-state index contributed by atoms with van der Waals surface area (Å²) >= 11 is 0. The molecule has 0 amide bonds. The summed E-state index contributed by atoms with van der Waals surface area (Å²) in [6.45, 7) is 1.93. The Bertz CT molecular complexity index is 972. The molecule has 0 spiro atoms. The van der Waals surface area contributed by atoms with E-state index in [1.54, 1.807) is 0 Å². The number of nitrogens with zero attached hydrogens (tertiary/aromatic N) is 2. The van der Waals surface area contributed by atoms with Crippen LogP contribution in [0.15, 0.2) is 52.9 Å². The number of hydrogen-bond donors (Lipinski definition) is 1. The first-order chi connectivity index (χ1) is 10.2. The van der Waals surface area contributed by atoms with Crippen LogP contribution in [-0.2, 0) is 0 Å². The highest BCUT2D eigenvalue weighted by atomic mass is 16.3. The van der Waals surface area contributed by atoms with Gasteiger partial charge in [0.25, 0.3) is 0 Å². The number of nitrogens with two attached hydrogens (primary N) is 1. The third-order valence-corrected chi connectivity index (χ3v) is 3.54. The summed E-state index contributed by atoms with van der Waals surface area (Å²) in [5.74, 6) is 0.506. The van der Waals surface area contributed by atoms with Gasteiger partial charge in [-0.2, -0.15) is 4.98 Å². The number of fused-ring (bicyclic) bond motifs is 2. The normalized spacial score (nSPS) is 11.3. The number of nitrogen functional groups attached to an aromatic ring is 1. The van der Waals surface area contributed by atoms with Crippen LogP contribution in [0.2, 0.25) is 0 Å². The monoisotopic (exact) mass is 275 g/mol. The molecule has 0 aliphatic rings. The van der Waals surface area contributed by atoms with Crippen LogP contribution in [0, 0.1) is 6.92 Å². The number of benzene rings is 2. The highest BCUT2D eigenvalue weighted by Gasteiger charge is 2.13. The highest BCUT2D eigenvalue weighted by Crippen LogP contribution is 2.31. The third kappa shape index (κ3) is 1.92. The van der Waals surface area contributed by atoms with Gasteiger partial charge in [-0.05, 0) is 42.0 Å². The number of hydrogen-bond acceptors (Lipinski definition) is 4. The second-order valence-corrected chi connectivity index (χ2v) is 5.08. The molecule has 0 saturated heterocycles. The zero-order valence-corrected chi connectivity index (χ0v) is 11.5. The molecular formula is C17H13N3O. The predicted molar refractivity (Wildman–Crippen MR) is 83.9 cm³/mol. The molecule has 2 heterocycles. The summed E-state index contributed by atoms with van der Waals surface area (Å²) in [6, 6.07) is 15.8. The summed E-state index contributed by atoms with van der Waals surface area (Å²) in [5.41, 5.74) is 9.79. The zero-order chi connectivity index (χ0) is 14.4. The lowest BCUT2D eigenvalue weighted by atomic mass is 10.1. The van der Waals surface area contributed by atoms with Crippen molar-refractivity contribution in [2.75, 3.05) is 5.73 Å². The van der Waals surface area contributed by atoms with Crippen LogP contribution >= 0.6 is 0 Å². The number of aromatic nitrogens is 2. The van der Waals surface area contributed by atoms with Crippen molar-refractivity contribution in [2.24, 2.45) is 0 Å². The topological polar surface area (TPSA) is 64.9 Å². The highest BCUT2D eigenvalue weighted by molar-refractivity contribution is 5.92. The lowest BCUT2D eigenvalue weighted by Gasteiger charge is -2.04. The Morgan fingerprint density at radius 1 is 0.952 bits per heavy atom. The second-order valence-electron chi connectivity index (χ2n) is 5.08. The molecule has 4 nitrogen and oxygen atoms in total. The van der Waals surface area contributed by atoms with Gasteiger partial charge in [0.2, 0.25) is 5.89 Å². The minimum atomic E-state index is 0.506. The Labute approximate surface area is 121 Å². The number of pyridine rings is 1. The smallest absolute Gasteiger partial charge is 0.230 e. The molecule has 0 saturated carbocycles. The summed E-state index contributed by atoms with van der Waals surface area (Å²) in [7, 11) is 0. The quantitative estimate of drug-likeness (QED) is 0.534. The maximum absolute atomic E-state index is 6.15. The second kappa shape index (κ2) is 4.31. The van der Waals surface area contributed by atoms with Crippen molar-refractivity contribution in [3.05, 3.63) is 54.2 Å². The van der Waals surface area contributed by atoms with Gasteiger partial charge in [0.1, 0.15) is 0 Å². The molecule has 0 fully saturated rings. The van der Waals surface area contributed by atoms with E-state index in [9.17, 15) is 0 Å². The first kappa shape index (κ1) is 11.9. The van der Waals surface area contributed by atoms with Crippen LogP contribution in [0.5, 0.6) is 0 Å². The summed E-state index contributed by atoms with van der Waals surface area (Å²) in [6.07, 6.45) is 0. The molecule has 0 bridgehead atoms. The molecular weight excluding hydrogens is 262 g/mol. The fraction of sp³-hybridized carbons (Fsp3) is 0.0588. The van der Waals surface area contributed by atoms with Crippen molar-refractivity contribution in [1.82, 2.24) is 9.97 Å². The summed E-state index contributed by atoms with van der Waals surface area (Å²) in [5, 5.41) is 2.21. The summed E-state index contributed by atoms with van der Waals surface area (Å²) in [4.78, 5) is 8.82. The van der Waals surface area contributed by atoms with E-state index in [2.05, 4.69) is 9.97 Å². The Morgan fingerprint density at radius 3 is 2.52 bits per heavy atom. The average molecular weight is 275 g/mol. The first-order valence-electron chi connectivity index (χ1n) is 6.73. The van der Waals surface area contributed by atoms with Crippen LogP contribution in [0.25, 0.3) is 33.5 Å². The molecule has 102 valence electrons. The molecule has 2 aromatic heterocycles. The number of aryl methyl sites for hydroxylation is 1. The minimum Gasteiger partial charge on any atom is -0.434 e. The van der Waals surface area contributed by atoms with Gasteiger partial charge in [-0.3, -0.25) is 0 Å². The van der Waals surface area contributed by atoms with E-state index in [0.29, 0.717) is 22.8 Å². The van der Waals surface area contributed by atoms with E-state index in [4.69, 9.17) is 10.2 Å². The molecule has 0 atom stereocenters. The molecule has 4 heteroatoms. The van der Waals surface area contributed by atoms with Crippen molar-refractivity contribution in [1.29, 1.82) is 0 Å².